The summed E-state index contributed by atoms with van der Waals surface area (Å²) in [5, 5.41) is 28.3. The second kappa shape index (κ2) is 24.8. The van der Waals surface area contributed by atoms with Crippen molar-refractivity contribution in [1.29, 1.82) is 0 Å². The smallest absolute Gasteiger partial charge is 0.246 e. The highest BCUT2D eigenvalue weighted by Gasteiger charge is 2.44. The van der Waals surface area contributed by atoms with Gasteiger partial charge >= 0.3 is 0 Å². The number of fused-ring (bicyclic) bond motifs is 1. The normalized spacial score (nSPS) is 15.8. The molecule has 0 radical (unpaired) electrons. The predicted octanol–water partition coefficient (Wildman–Crippen LogP) is 9.10. The Morgan fingerprint density at radius 1 is 0.878 bits per heavy atom. The molecular formula is C57H69N5O10S2. The number of hydrogen-bond donors (Lipinski definition) is 4. The Morgan fingerprint density at radius 3 is 2.24 bits per heavy atom. The van der Waals surface area contributed by atoms with Crippen LogP contribution in [0.1, 0.15) is 77.6 Å². The summed E-state index contributed by atoms with van der Waals surface area (Å²) >= 11 is 1.57. The Balaban J connectivity index is 0.818. The Morgan fingerprint density at radius 2 is 1.58 bits per heavy atom. The van der Waals surface area contributed by atoms with Gasteiger partial charge in [0, 0.05) is 43.3 Å². The molecule has 15 nitrogen and oxygen atoms in total. The summed E-state index contributed by atoms with van der Waals surface area (Å²) < 4.78 is 42.5. The maximum Gasteiger partial charge on any atom is 0.246 e. The summed E-state index contributed by atoms with van der Waals surface area (Å²) in [5.74, 6) is 0.762. The first-order chi connectivity index (χ1) is 35.3. The van der Waals surface area contributed by atoms with E-state index in [4.69, 9.17) is 14.2 Å². The summed E-state index contributed by atoms with van der Waals surface area (Å²) in [6.45, 7) is 14.6. The van der Waals surface area contributed by atoms with Crippen molar-refractivity contribution < 1.29 is 47.2 Å². The molecule has 4 N–H and O–H groups in total. The number of sulfone groups is 1. The molecule has 3 unspecified atom stereocenters. The monoisotopic (exact) mass is 1050 g/mol. The van der Waals surface area contributed by atoms with E-state index in [9.17, 15) is 33.0 Å². The standard InChI is InChI=1S/C57H69N5O10S2/c1-8-61(29-31-71-45-20-22-46(23-21-45)72-52-48(26-18-42-32-43(63)19-27-49(42)52)40-16-24-47(25-17-40)74(7,68)69)28-10-9-11-30-70-35-51(65)60-54(57(4,5)6)56(67)62-34-44(64)33-50(62)55(66)59-37(2)39-12-14-41(15-13-39)53-38(3)58-36-73-53/h12-27,32,36-37,44,50,54,63-64H,8-11,28-31,33-35H2,1-7H3,(H,59,66)(H,60,65)/t37-,44?,50?,54?/m0/s1. The van der Waals surface area contributed by atoms with Gasteiger partial charge in [0.1, 0.15) is 48.3 Å². The first kappa shape index (κ1) is 55.4. The molecule has 394 valence electrons. The van der Waals surface area contributed by atoms with Crippen LogP contribution < -0.4 is 20.1 Å². The fraction of sp³-hybridized carbons (Fsp3) is 0.404. The van der Waals surface area contributed by atoms with E-state index < -0.39 is 45.3 Å². The SMILES string of the molecule is CCN(CCCCCOCC(=O)NC(C(=O)N1CC(O)CC1C(=O)N[C@@H](C)c1ccc(-c2scnc2C)cc1)C(C)(C)C)CCOc1ccc(Oc2c(-c3ccc(S(C)(=O)=O)cc3)ccc3cc(O)ccc23)cc1. The molecule has 3 amide bonds. The number of aliphatic hydroxyl groups excluding tert-OH is 1. The molecule has 1 aliphatic heterocycles. The van der Waals surface area contributed by atoms with Crippen molar-refractivity contribution in [3.63, 3.8) is 0 Å². The number of likely N-dealkylation sites (N-methyl/N-ethyl adjacent to an activating group) is 1. The lowest BCUT2D eigenvalue weighted by atomic mass is 9.85. The van der Waals surface area contributed by atoms with E-state index in [1.807, 2.05) is 101 Å². The number of nitrogens with zero attached hydrogens (tertiary/aromatic N) is 3. The number of rotatable bonds is 23. The number of β-amino-alcohol motifs (C(OH)–C–C–N with tert-alkyl or cyclic N) is 1. The van der Waals surface area contributed by atoms with E-state index in [-0.39, 0.29) is 42.2 Å². The third-order valence-electron chi connectivity index (χ3n) is 13.3. The van der Waals surface area contributed by atoms with Gasteiger partial charge in [-0.3, -0.25) is 14.4 Å². The van der Waals surface area contributed by atoms with Gasteiger partial charge in [0.2, 0.25) is 17.7 Å². The molecule has 1 saturated heterocycles. The lowest BCUT2D eigenvalue weighted by Crippen LogP contribution is -2.58. The molecular weight excluding hydrogens is 979 g/mol. The minimum Gasteiger partial charge on any atom is -0.508 e. The Hall–Kier alpha value is -6.37. The fourth-order valence-corrected chi connectivity index (χ4v) is 10.5. The van der Waals surface area contributed by atoms with Gasteiger partial charge < -0.3 is 44.9 Å². The van der Waals surface area contributed by atoms with Crippen LogP contribution in [0.25, 0.3) is 32.3 Å². The van der Waals surface area contributed by atoms with Crippen molar-refractivity contribution in [2.45, 2.75) is 96.4 Å². The van der Waals surface area contributed by atoms with Crippen LogP contribution >= 0.6 is 11.3 Å². The largest absolute Gasteiger partial charge is 0.508 e. The van der Waals surface area contributed by atoms with E-state index >= 15 is 0 Å². The number of carbonyl (C=O) groups excluding carboxylic acids is 3. The third-order valence-corrected chi connectivity index (χ3v) is 15.4. The number of nitrogens with one attached hydrogen (secondary N) is 2. The lowest BCUT2D eigenvalue weighted by Gasteiger charge is -2.35. The summed E-state index contributed by atoms with van der Waals surface area (Å²) in [4.78, 5) is 50.3. The predicted molar refractivity (Wildman–Crippen MR) is 289 cm³/mol. The van der Waals surface area contributed by atoms with E-state index in [2.05, 4.69) is 27.4 Å². The number of thiazole rings is 1. The molecule has 0 spiro atoms. The maximum atomic E-state index is 14.1. The van der Waals surface area contributed by atoms with Crippen molar-refractivity contribution in [3.05, 3.63) is 120 Å². The average molecular weight is 1050 g/mol. The molecule has 7 rings (SSSR count). The fourth-order valence-electron chi connectivity index (χ4n) is 9.05. The van der Waals surface area contributed by atoms with Crippen molar-refractivity contribution in [1.82, 2.24) is 25.4 Å². The topological polar surface area (TPSA) is 197 Å². The number of ether oxygens (including phenoxy) is 3. The maximum absolute atomic E-state index is 14.1. The van der Waals surface area contributed by atoms with Crippen LogP contribution in [0.4, 0.5) is 0 Å². The molecule has 1 aromatic heterocycles. The number of aromatic nitrogens is 1. The molecule has 0 aliphatic carbocycles. The summed E-state index contributed by atoms with van der Waals surface area (Å²) in [5.41, 5.74) is 5.59. The van der Waals surface area contributed by atoms with E-state index in [0.717, 1.165) is 82.5 Å². The highest BCUT2D eigenvalue weighted by molar-refractivity contribution is 7.90. The van der Waals surface area contributed by atoms with Gasteiger partial charge in [-0.05, 0) is 134 Å². The first-order valence-corrected chi connectivity index (χ1v) is 27.9. The van der Waals surface area contributed by atoms with Crippen LogP contribution in [0.3, 0.4) is 0 Å². The van der Waals surface area contributed by atoms with Crippen molar-refractivity contribution in [3.8, 4) is 44.6 Å². The molecule has 17 heteroatoms. The number of aliphatic hydroxyl groups is 1. The van der Waals surface area contributed by atoms with E-state index in [1.54, 1.807) is 53.8 Å². The molecule has 1 aliphatic rings. The van der Waals surface area contributed by atoms with Gasteiger partial charge in [-0.15, -0.1) is 11.3 Å². The minimum atomic E-state index is -3.36. The number of likely N-dealkylation sites (tertiary alicyclic amines) is 1. The van der Waals surface area contributed by atoms with Gasteiger partial charge in [0.25, 0.3) is 0 Å². The van der Waals surface area contributed by atoms with Gasteiger partial charge in [-0.25, -0.2) is 13.4 Å². The number of aromatic hydroxyl groups is 1. The highest BCUT2D eigenvalue weighted by Crippen LogP contribution is 2.41. The first-order valence-electron chi connectivity index (χ1n) is 25.1. The number of unbranched alkanes of at least 4 members (excludes halogenated alkanes) is 2. The molecule has 1 fully saturated rings. The summed E-state index contributed by atoms with van der Waals surface area (Å²) in [6.07, 6.45) is 2.98. The molecule has 6 aromatic rings. The number of phenols is 1. The quantitative estimate of drug-likeness (QED) is 0.0445. The third kappa shape index (κ3) is 14.5. The summed E-state index contributed by atoms with van der Waals surface area (Å²) in [6, 6.07) is 28.7. The molecule has 0 saturated carbocycles. The Kier molecular flexibility index (Phi) is 18.5. The van der Waals surface area contributed by atoms with Gasteiger partial charge in [0.15, 0.2) is 9.84 Å². The van der Waals surface area contributed by atoms with Crippen LogP contribution in [0, 0.1) is 12.3 Å². The van der Waals surface area contributed by atoms with Gasteiger partial charge in [-0.1, -0.05) is 70.2 Å². The number of amides is 3. The zero-order valence-corrected chi connectivity index (χ0v) is 44.9. The Labute approximate surface area is 438 Å². The molecule has 4 atom stereocenters. The highest BCUT2D eigenvalue weighted by atomic mass is 32.2. The summed E-state index contributed by atoms with van der Waals surface area (Å²) in [7, 11) is -3.36. The Bertz CT molecular complexity index is 2980. The zero-order chi connectivity index (χ0) is 53.2. The second-order valence-corrected chi connectivity index (χ2v) is 22.9. The van der Waals surface area contributed by atoms with E-state index in [1.165, 1.54) is 11.2 Å². The van der Waals surface area contributed by atoms with Crippen LogP contribution in [-0.4, -0.2) is 122 Å². The van der Waals surface area contributed by atoms with E-state index in [0.29, 0.717) is 30.5 Å². The van der Waals surface area contributed by atoms with Crippen molar-refractivity contribution >= 4 is 49.7 Å². The van der Waals surface area contributed by atoms with Gasteiger partial charge in [-0.2, -0.15) is 0 Å². The second-order valence-electron chi connectivity index (χ2n) is 20.0. The minimum absolute atomic E-state index is 0.0132. The number of benzene rings is 5. The molecule has 74 heavy (non-hydrogen) atoms. The number of aryl methyl sites for hydroxylation is 1. The molecule has 0 bridgehead atoms. The lowest BCUT2D eigenvalue weighted by molar-refractivity contribution is -0.144. The van der Waals surface area contributed by atoms with Crippen molar-refractivity contribution in [2.75, 3.05) is 52.3 Å². The number of carbonyl (C=O) groups is 3. The van der Waals surface area contributed by atoms with Gasteiger partial charge in [0.05, 0.1) is 33.1 Å². The van der Waals surface area contributed by atoms with Crippen LogP contribution in [-0.2, 0) is 29.0 Å². The van der Waals surface area contributed by atoms with Crippen molar-refractivity contribution in [2.24, 2.45) is 5.41 Å². The van der Waals surface area contributed by atoms with Crippen LogP contribution in [0.5, 0.6) is 23.0 Å². The molecule has 5 aromatic carbocycles. The zero-order valence-electron chi connectivity index (χ0n) is 43.3. The average Bonchev–Trinajstić information content (AvgIpc) is 3.99. The number of phenolic OH excluding ortho intramolecular Hbond substituents is 1. The number of hydrogen-bond acceptors (Lipinski definition) is 13. The van der Waals surface area contributed by atoms with Crippen LogP contribution in [0.2, 0.25) is 0 Å². The molecule has 2 heterocycles. The van der Waals surface area contributed by atoms with Crippen LogP contribution in [0.15, 0.2) is 114 Å².